The number of anilines is 2. The smallest absolute Gasteiger partial charge is 0.416 e. The second-order valence-electron chi connectivity index (χ2n) is 8.50. The zero-order chi connectivity index (χ0) is 26.1. The number of alkyl halides is 3. The zero-order valence-corrected chi connectivity index (χ0v) is 19.9. The van der Waals surface area contributed by atoms with Gasteiger partial charge in [0.1, 0.15) is 12.4 Å². The Morgan fingerprint density at radius 3 is 2.47 bits per heavy atom. The number of fused-ring (bicyclic) bond motifs is 1. The minimum absolute atomic E-state index is 0.109. The van der Waals surface area contributed by atoms with Gasteiger partial charge in [-0.1, -0.05) is 6.07 Å². The van der Waals surface area contributed by atoms with Crippen molar-refractivity contribution in [3.8, 4) is 5.75 Å². The first-order valence-corrected chi connectivity index (χ1v) is 12.7. The van der Waals surface area contributed by atoms with Crippen LogP contribution in [0.15, 0.2) is 58.1 Å². The molecule has 0 aliphatic carbocycles. The predicted octanol–water partition coefficient (Wildman–Crippen LogP) is 2.52. The lowest BCUT2D eigenvalue weighted by atomic mass is 9.91. The van der Waals surface area contributed by atoms with Gasteiger partial charge in [0.2, 0.25) is 10.0 Å². The van der Waals surface area contributed by atoms with E-state index in [0.717, 1.165) is 24.0 Å². The van der Waals surface area contributed by atoms with Crippen molar-refractivity contribution in [1.82, 2.24) is 14.7 Å². The lowest BCUT2D eigenvalue weighted by Crippen LogP contribution is -2.39. The summed E-state index contributed by atoms with van der Waals surface area (Å²) in [5.74, 6) is 0.216. The molecule has 4 rings (SSSR count). The van der Waals surface area contributed by atoms with E-state index in [9.17, 15) is 31.2 Å². The van der Waals surface area contributed by atoms with Crippen LogP contribution in [0.3, 0.4) is 0 Å². The number of benzene rings is 2. The highest BCUT2D eigenvalue weighted by Gasteiger charge is 2.32. The van der Waals surface area contributed by atoms with Crippen LogP contribution < -0.4 is 25.6 Å². The van der Waals surface area contributed by atoms with Gasteiger partial charge in [-0.15, -0.1) is 0 Å². The van der Waals surface area contributed by atoms with Crippen LogP contribution in [0.2, 0.25) is 0 Å². The van der Waals surface area contributed by atoms with Crippen molar-refractivity contribution < 1.29 is 26.3 Å². The molecule has 0 radical (unpaired) electrons. The highest BCUT2D eigenvalue weighted by molar-refractivity contribution is 7.88. The quantitative estimate of drug-likeness (QED) is 0.436. The van der Waals surface area contributed by atoms with E-state index in [1.165, 1.54) is 18.2 Å². The summed E-state index contributed by atoms with van der Waals surface area (Å²) in [5, 5.41) is 0. The molecular formula is C23H23F3N4O5S. The van der Waals surface area contributed by atoms with Gasteiger partial charge in [0.25, 0.3) is 5.56 Å². The summed E-state index contributed by atoms with van der Waals surface area (Å²) in [6.07, 6.45) is -2.99. The predicted molar refractivity (Wildman–Crippen MR) is 127 cm³/mol. The second kappa shape index (κ2) is 9.82. The number of halogens is 3. The van der Waals surface area contributed by atoms with Crippen LogP contribution in [0.25, 0.3) is 0 Å². The molecule has 2 heterocycles. The van der Waals surface area contributed by atoms with Crippen molar-refractivity contribution in [3.05, 3.63) is 86.2 Å². The van der Waals surface area contributed by atoms with Crippen molar-refractivity contribution in [2.45, 2.75) is 19.2 Å². The molecule has 0 saturated carbocycles. The topological polar surface area (TPSA) is 124 Å². The van der Waals surface area contributed by atoms with Crippen LogP contribution in [-0.4, -0.2) is 37.7 Å². The maximum absolute atomic E-state index is 13.1. The van der Waals surface area contributed by atoms with Gasteiger partial charge in [-0.3, -0.25) is 9.78 Å². The molecule has 13 heteroatoms. The van der Waals surface area contributed by atoms with Gasteiger partial charge < -0.3 is 14.6 Å². The van der Waals surface area contributed by atoms with Crippen molar-refractivity contribution in [1.29, 1.82) is 0 Å². The Morgan fingerprint density at radius 2 is 1.83 bits per heavy atom. The molecule has 3 aromatic rings. The molecule has 1 atom stereocenters. The number of sulfonamides is 1. The van der Waals surface area contributed by atoms with E-state index in [0.29, 0.717) is 30.1 Å². The van der Waals surface area contributed by atoms with Crippen molar-refractivity contribution in [2.75, 3.05) is 24.2 Å². The molecule has 9 nitrogen and oxygen atoms in total. The Morgan fingerprint density at radius 1 is 1.11 bits per heavy atom. The summed E-state index contributed by atoms with van der Waals surface area (Å²) in [6, 6.07) is 11.1. The second-order valence-corrected chi connectivity index (χ2v) is 10.3. The number of aromatic nitrogens is 2. The fourth-order valence-corrected chi connectivity index (χ4v) is 4.63. The molecule has 2 aromatic carbocycles. The van der Waals surface area contributed by atoms with Gasteiger partial charge in [-0.2, -0.15) is 13.2 Å². The van der Waals surface area contributed by atoms with Crippen LogP contribution in [-0.2, 0) is 29.2 Å². The molecule has 1 aliphatic heterocycles. The summed E-state index contributed by atoms with van der Waals surface area (Å²) in [7, 11) is -3.46. The van der Waals surface area contributed by atoms with E-state index >= 15 is 0 Å². The number of H-pyrrole nitrogens is 2. The number of nitrogens with zero attached hydrogens (tertiary/aromatic N) is 1. The summed E-state index contributed by atoms with van der Waals surface area (Å²) < 4.78 is 70.9. The van der Waals surface area contributed by atoms with Crippen LogP contribution >= 0.6 is 0 Å². The lowest BCUT2D eigenvalue weighted by molar-refractivity contribution is -0.137. The molecule has 0 spiro atoms. The van der Waals surface area contributed by atoms with Gasteiger partial charge >= 0.3 is 11.9 Å². The first kappa shape index (κ1) is 25.5. The van der Waals surface area contributed by atoms with E-state index in [1.54, 1.807) is 18.2 Å². The number of hydrogen-bond donors (Lipinski definition) is 3. The minimum Gasteiger partial charge on any atom is -0.487 e. The fraction of sp³-hybridized carbons (Fsp3) is 0.304. The molecule has 1 aromatic heterocycles. The van der Waals surface area contributed by atoms with Crippen LogP contribution in [0.4, 0.5) is 24.5 Å². The SMILES string of the molecule is CS(=O)(=O)NCC1Cc2c(OCc3cc(=O)[nH]c(=O)[nH]3)cccc2N(c2ccc(C(F)(F)F)cc2)C1. The van der Waals surface area contributed by atoms with Crippen molar-refractivity contribution in [3.63, 3.8) is 0 Å². The summed E-state index contributed by atoms with van der Waals surface area (Å²) in [5.41, 5.74) is 0.155. The third-order valence-corrected chi connectivity index (χ3v) is 6.36. The Bertz CT molecular complexity index is 1440. The third kappa shape index (κ3) is 6.15. The van der Waals surface area contributed by atoms with E-state index in [1.807, 2.05) is 4.90 Å². The molecule has 1 unspecified atom stereocenters. The third-order valence-electron chi connectivity index (χ3n) is 5.67. The van der Waals surface area contributed by atoms with Crippen LogP contribution in [0.5, 0.6) is 5.75 Å². The van der Waals surface area contributed by atoms with Crippen LogP contribution in [0, 0.1) is 5.92 Å². The molecule has 36 heavy (non-hydrogen) atoms. The van der Waals surface area contributed by atoms with E-state index < -0.39 is 33.0 Å². The Kier molecular flexibility index (Phi) is 6.96. The van der Waals surface area contributed by atoms with Crippen molar-refractivity contribution >= 4 is 21.4 Å². The standard InChI is InChI=1S/C23H23F3N4O5S/c1-36(33,34)27-11-14-9-18-19(30(12-14)17-7-5-15(6-8-17)23(24,25)26)3-2-4-20(18)35-13-16-10-21(31)29-22(32)28-16/h2-8,10,14,27H,9,11-13H2,1H3,(H2,28,29,31,32). The Hall–Kier alpha value is -3.58. The number of ether oxygens (including phenoxy) is 1. The number of aromatic amines is 2. The highest BCUT2D eigenvalue weighted by Crippen LogP contribution is 2.41. The normalized spacial score (nSPS) is 16.0. The maximum Gasteiger partial charge on any atom is 0.416 e. The molecule has 3 N–H and O–H groups in total. The number of hydrogen-bond acceptors (Lipinski definition) is 6. The summed E-state index contributed by atoms with van der Waals surface area (Å²) >= 11 is 0. The minimum atomic E-state index is -4.47. The summed E-state index contributed by atoms with van der Waals surface area (Å²) in [4.78, 5) is 29.5. The largest absolute Gasteiger partial charge is 0.487 e. The van der Waals surface area contributed by atoms with E-state index in [2.05, 4.69) is 14.7 Å². The van der Waals surface area contributed by atoms with Gasteiger partial charge in [0.05, 0.1) is 17.5 Å². The van der Waals surface area contributed by atoms with Crippen LogP contribution in [0.1, 0.15) is 16.8 Å². The highest BCUT2D eigenvalue weighted by atomic mass is 32.2. The average Bonchev–Trinajstić information content (AvgIpc) is 2.79. The molecule has 0 bridgehead atoms. The van der Waals surface area contributed by atoms with Gasteiger partial charge in [0.15, 0.2) is 0 Å². The first-order chi connectivity index (χ1) is 16.9. The number of nitrogens with one attached hydrogen (secondary N) is 3. The maximum atomic E-state index is 13.1. The molecule has 192 valence electrons. The van der Waals surface area contributed by atoms with E-state index in [-0.39, 0.29) is 24.8 Å². The average molecular weight is 525 g/mol. The molecule has 0 amide bonds. The van der Waals surface area contributed by atoms with Crippen molar-refractivity contribution in [2.24, 2.45) is 5.92 Å². The van der Waals surface area contributed by atoms with Gasteiger partial charge in [-0.05, 0) is 48.7 Å². The Balaban J connectivity index is 1.68. The molecule has 0 fully saturated rings. The fourth-order valence-electron chi connectivity index (χ4n) is 4.09. The monoisotopic (exact) mass is 524 g/mol. The zero-order valence-electron chi connectivity index (χ0n) is 19.1. The molecule has 0 saturated heterocycles. The number of rotatable bonds is 7. The Labute approximate surface area is 204 Å². The summed E-state index contributed by atoms with van der Waals surface area (Å²) in [6.45, 7) is 0.360. The molecule has 1 aliphatic rings. The lowest BCUT2D eigenvalue weighted by Gasteiger charge is -2.37. The van der Waals surface area contributed by atoms with Gasteiger partial charge in [0, 0.05) is 36.1 Å². The first-order valence-electron chi connectivity index (χ1n) is 10.9. The van der Waals surface area contributed by atoms with Gasteiger partial charge in [-0.25, -0.2) is 17.9 Å². The molecular weight excluding hydrogens is 501 g/mol. The van der Waals surface area contributed by atoms with E-state index in [4.69, 9.17) is 4.74 Å².